The fourth-order valence-electron chi connectivity index (χ4n) is 3.54. The number of hydrogen-bond acceptors (Lipinski definition) is 2. The van der Waals surface area contributed by atoms with Crippen molar-refractivity contribution >= 4 is 0 Å². The molecule has 0 saturated heterocycles. The highest BCUT2D eigenvalue weighted by atomic mass is 16.5. The minimum absolute atomic E-state index is 0.508. The van der Waals surface area contributed by atoms with Crippen molar-refractivity contribution in [2.24, 2.45) is 0 Å². The van der Waals surface area contributed by atoms with E-state index < -0.39 is 0 Å². The van der Waals surface area contributed by atoms with Crippen molar-refractivity contribution in [2.75, 3.05) is 19.7 Å². The summed E-state index contributed by atoms with van der Waals surface area (Å²) in [5.74, 6) is 1.09. The van der Waals surface area contributed by atoms with Crippen LogP contribution in [0.4, 0.5) is 0 Å². The van der Waals surface area contributed by atoms with Crippen LogP contribution < -0.4 is 4.74 Å². The summed E-state index contributed by atoms with van der Waals surface area (Å²) < 4.78 is 6.25. The molecule has 0 amide bonds. The van der Waals surface area contributed by atoms with E-state index >= 15 is 0 Å². The van der Waals surface area contributed by atoms with Crippen LogP contribution in [0.5, 0.6) is 5.75 Å². The second-order valence-electron chi connectivity index (χ2n) is 6.36. The van der Waals surface area contributed by atoms with E-state index in [2.05, 4.69) is 67.3 Å². The molecule has 122 valence electrons. The van der Waals surface area contributed by atoms with Gasteiger partial charge in [0.2, 0.25) is 0 Å². The fraction of sp³-hybridized carbons (Fsp3) is 0.429. The van der Waals surface area contributed by atoms with E-state index in [9.17, 15) is 0 Å². The Labute approximate surface area is 140 Å². The maximum atomic E-state index is 6.25. The molecule has 1 atom stereocenters. The summed E-state index contributed by atoms with van der Waals surface area (Å²) in [6.45, 7) is 7.64. The monoisotopic (exact) mass is 309 g/mol. The maximum Gasteiger partial charge on any atom is 0.130 e. The van der Waals surface area contributed by atoms with Crippen LogP contribution in [0.2, 0.25) is 0 Å². The van der Waals surface area contributed by atoms with Gasteiger partial charge in [-0.05, 0) is 43.5 Å². The van der Waals surface area contributed by atoms with E-state index in [0.29, 0.717) is 6.04 Å². The second kappa shape index (κ2) is 7.65. The van der Waals surface area contributed by atoms with Gasteiger partial charge in [0.15, 0.2) is 0 Å². The third-order valence-corrected chi connectivity index (χ3v) is 4.60. The second-order valence-corrected chi connectivity index (χ2v) is 6.36. The first-order valence-corrected chi connectivity index (χ1v) is 8.87. The predicted molar refractivity (Wildman–Crippen MR) is 97.0 cm³/mol. The van der Waals surface area contributed by atoms with Gasteiger partial charge in [0.05, 0.1) is 0 Å². The van der Waals surface area contributed by atoms with Crippen LogP contribution in [-0.4, -0.2) is 30.6 Å². The summed E-state index contributed by atoms with van der Waals surface area (Å²) in [6, 6.07) is 17.6. The lowest BCUT2D eigenvalue weighted by molar-refractivity contribution is 0.119. The fourth-order valence-corrected chi connectivity index (χ4v) is 3.54. The summed E-state index contributed by atoms with van der Waals surface area (Å²) in [5.41, 5.74) is 3.81. The molecule has 0 saturated carbocycles. The molecular weight excluding hydrogens is 282 g/mol. The van der Waals surface area contributed by atoms with E-state index in [1.165, 1.54) is 29.5 Å². The number of para-hydroxylation sites is 1. The standard InChI is InChI=1S/C21H27NO/c1-3-13-22(14-4-2)19-15-18-11-8-12-20(21(18)23-16-19)17-9-6-5-7-10-17/h5-12,19H,3-4,13-16H2,1-2H3/t19-/m1/s1. The zero-order chi connectivity index (χ0) is 16.1. The van der Waals surface area contributed by atoms with Crippen LogP contribution in [0.25, 0.3) is 11.1 Å². The zero-order valence-electron chi connectivity index (χ0n) is 14.3. The van der Waals surface area contributed by atoms with Crippen molar-refractivity contribution < 1.29 is 4.74 Å². The van der Waals surface area contributed by atoms with Gasteiger partial charge in [0.1, 0.15) is 12.4 Å². The SMILES string of the molecule is CCCN(CCC)[C@H]1COc2c(cccc2-c2ccccc2)C1. The molecule has 0 radical (unpaired) electrons. The Bertz CT molecular complexity index is 617. The average Bonchev–Trinajstić information content (AvgIpc) is 2.61. The minimum Gasteiger partial charge on any atom is -0.491 e. The Morgan fingerprint density at radius 3 is 2.39 bits per heavy atom. The molecule has 0 bridgehead atoms. The van der Waals surface area contributed by atoms with Crippen molar-refractivity contribution in [3.63, 3.8) is 0 Å². The molecule has 2 nitrogen and oxygen atoms in total. The van der Waals surface area contributed by atoms with Gasteiger partial charge in [-0.3, -0.25) is 4.90 Å². The third-order valence-electron chi connectivity index (χ3n) is 4.60. The molecule has 2 aromatic carbocycles. The smallest absolute Gasteiger partial charge is 0.130 e. The molecule has 23 heavy (non-hydrogen) atoms. The molecule has 0 unspecified atom stereocenters. The first-order chi connectivity index (χ1) is 11.3. The third kappa shape index (κ3) is 3.59. The van der Waals surface area contributed by atoms with Gasteiger partial charge in [0.25, 0.3) is 0 Å². The van der Waals surface area contributed by atoms with Gasteiger partial charge in [-0.2, -0.15) is 0 Å². The summed E-state index contributed by atoms with van der Waals surface area (Å²) in [7, 11) is 0. The molecule has 2 aromatic rings. The number of rotatable bonds is 6. The summed E-state index contributed by atoms with van der Waals surface area (Å²) in [6.07, 6.45) is 3.50. The lowest BCUT2D eigenvalue weighted by Crippen LogP contribution is -2.44. The van der Waals surface area contributed by atoms with Crippen molar-refractivity contribution in [1.29, 1.82) is 0 Å². The summed E-state index contributed by atoms with van der Waals surface area (Å²) in [5, 5.41) is 0. The molecule has 1 heterocycles. The van der Waals surface area contributed by atoms with Crippen LogP contribution in [0.15, 0.2) is 48.5 Å². The molecule has 0 fully saturated rings. The van der Waals surface area contributed by atoms with E-state index in [1.54, 1.807) is 0 Å². The Hall–Kier alpha value is -1.80. The molecule has 0 aromatic heterocycles. The Balaban J connectivity index is 1.85. The minimum atomic E-state index is 0.508. The molecular formula is C21H27NO. The summed E-state index contributed by atoms with van der Waals surface area (Å²) in [4.78, 5) is 2.60. The zero-order valence-corrected chi connectivity index (χ0v) is 14.3. The van der Waals surface area contributed by atoms with Crippen LogP contribution in [-0.2, 0) is 6.42 Å². The largest absolute Gasteiger partial charge is 0.491 e. The van der Waals surface area contributed by atoms with Gasteiger partial charge in [0, 0.05) is 11.6 Å². The van der Waals surface area contributed by atoms with Crippen molar-refractivity contribution in [1.82, 2.24) is 4.90 Å². The van der Waals surface area contributed by atoms with E-state index in [-0.39, 0.29) is 0 Å². The molecule has 2 heteroatoms. The van der Waals surface area contributed by atoms with Crippen LogP contribution in [0.3, 0.4) is 0 Å². The topological polar surface area (TPSA) is 12.5 Å². The van der Waals surface area contributed by atoms with Gasteiger partial charge in [-0.15, -0.1) is 0 Å². The molecule has 0 N–H and O–H groups in total. The van der Waals surface area contributed by atoms with E-state index in [1.807, 2.05) is 0 Å². The first-order valence-electron chi connectivity index (χ1n) is 8.87. The van der Waals surface area contributed by atoms with Crippen molar-refractivity contribution in [2.45, 2.75) is 39.2 Å². The van der Waals surface area contributed by atoms with Crippen LogP contribution in [0, 0.1) is 0 Å². The number of ether oxygens (including phenoxy) is 1. The molecule has 3 rings (SSSR count). The number of fused-ring (bicyclic) bond motifs is 1. The van der Waals surface area contributed by atoms with E-state index in [0.717, 1.165) is 31.9 Å². The predicted octanol–water partition coefficient (Wildman–Crippen LogP) is 4.78. The van der Waals surface area contributed by atoms with Crippen LogP contribution in [0.1, 0.15) is 32.3 Å². The van der Waals surface area contributed by atoms with Gasteiger partial charge >= 0.3 is 0 Å². The van der Waals surface area contributed by atoms with Gasteiger partial charge in [-0.1, -0.05) is 62.4 Å². The Morgan fingerprint density at radius 2 is 1.70 bits per heavy atom. The van der Waals surface area contributed by atoms with Crippen LogP contribution >= 0.6 is 0 Å². The van der Waals surface area contributed by atoms with Gasteiger partial charge in [-0.25, -0.2) is 0 Å². The highest BCUT2D eigenvalue weighted by Gasteiger charge is 2.26. The molecule has 0 aliphatic carbocycles. The normalized spacial score (nSPS) is 16.9. The van der Waals surface area contributed by atoms with Crippen molar-refractivity contribution in [3.05, 3.63) is 54.1 Å². The van der Waals surface area contributed by atoms with Gasteiger partial charge < -0.3 is 4.74 Å². The van der Waals surface area contributed by atoms with Crippen molar-refractivity contribution in [3.8, 4) is 16.9 Å². The maximum absolute atomic E-state index is 6.25. The Morgan fingerprint density at radius 1 is 0.957 bits per heavy atom. The summed E-state index contributed by atoms with van der Waals surface area (Å²) >= 11 is 0. The molecule has 0 spiro atoms. The lowest BCUT2D eigenvalue weighted by Gasteiger charge is -2.35. The highest BCUT2D eigenvalue weighted by Crippen LogP contribution is 2.36. The number of benzene rings is 2. The molecule has 1 aliphatic heterocycles. The average molecular weight is 309 g/mol. The number of nitrogens with zero attached hydrogens (tertiary/aromatic N) is 1. The highest BCUT2D eigenvalue weighted by molar-refractivity contribution is 5.72. The Kier molecular flexibility index (Phi) is 5.35. The quantitative estimate of drug-likeness (QED) is 0.761. The molecule has 1 aliphatic rings. The number of hydrogen-bond donors (Lipinski definition) is 0. The lowest BCUT2D eigenvalue weighted by atomic mass is 9.95. The first kappa shape index (κ1) is 16.1. The van der Waals surface area contributed by atoms with E-state index in [4.69, 9.17) is 4.74 Å².